The minimum Gasteiger partial charge on any atom is -0.254 e. The minimum atomic E-state index is 0. The van der Waals surface area contributed by atoms with Gasteiger partial charge in [0.1, 0.15) is 0 Å². The Bertz CT molecular complexity index is 553. The number of rotatable bonds is 0. The van der Waals surface area contributed by atoms with Crippen molar-refractivity contribution in [2.75, 3.05) is 0 Å². The Morgan fingerprint density at radius 1 is 0.667 bits per heavy atom. The number of benzene rings is 1. The molecule has 2 aromatic heterocycles. The fourth-order valence-corrected chi connectivity index (χ4v) is 1.68. The third-order valence-electron chi connectivity index (χ3n) is 2.34. The van der Waals surface area contributed by atoms with E-state index in [1.54, 1.807) is 12.4 Å². The molecule has 2 nitrogen and oxygen atoms in total. The first-order chi connectivity index (χ1) is 6.95. The average Bonchev–Trinajstić information content (AvgIpc) is 2.29. The number of nitrogens with zero attached hydrogens (tertiary/aromatic N) is 2. The van der Waals surface area contributed by atoms with Crippen LogP contribution in [0.2, 0.25) is 0 Å². The van der Waals surface area contributed by atoms with Gasteiger partial charge in [0.25, 0.3) is 0 Å². The molecule has 3 rings (SSSR count). The molecule has 0 amide bonds. The predicted molar refractivity (Wildman–Crippen MR) is 62.8 cm³/mol. The van der Waals surface area contributed by atoms with Gasteiger partial charge in [-0.1, -0.05) is 24.3 Å². The fourth-order valence-electron chi connectivity index (χ4n) is 1.68. The summed E-state index contributed by atoms with van der Waals surface area (Å²) in [4.78, 5) is 8.69. The zero-order valence-corrected chi connectivity index (χ0v) is 11.6. The normalized spacial score (nSPS) is 10.1. The van der Waals surface area contributed by atoms with E-state index in [1.165, 1.54) is 0 Å². The molecule has 1 radical (unpaired) electrons. The second kappa shape index (κ2) is 4.68. The van der Waals surface area contributed by atoms with Gasteiger partial charge in [-0.2, -0.15) is 0 Å². The monoisotopic (exact) mass is 219 g/mol. The number of hydrogen-bond donors (Lipinski definition) is 0. The second-order valence-electron chi connectivity index (χ2n) is 3.22. The van der Waals surface area contributed by atoms with Gasteiger partial charge in [-0.05, 0) is 12.1 Å². The van der Waals surface area contributed by atoms with Crippen molar-refractivity contribution in [3.8, 4) is 0 Å². The average molecular weight is 219 g/mol. The van der Waals surface area contributed by atoms with Crippen LogP contribution in [0.5, 0.6) is 0 Å². The standard InChI is InChI=1S/C12H8N2.K/c1-3-9-5-6-10-4-2-8-14-12(10)11(9)13-7-1;/h1-8H;. The number of pyridine rings is 2. The van der Waals surface area contributed by atoms with Crippen LogP contribution in [0, 0.1) is 0 Å². The quantitative estimate of drug-likeness (QED) is 0.428. The Hall–Kier alpha value is -0.324. The van der Waals surface area contributed by atoms with Crippen LogP contribution in [0.25, 0.3) is 21.8 Å². The van der Waals surface area contributed by atoms with E-state index in [4.69, 9.17) is 0 Å². The molecule has 0 N–H and O–H groups in total. The Kier molecular flexibility index (Phi) is 3.48. The Balaban J connectivity index is 0.000000853. The van der Waals surface area contributed by atoms with Crippen molar-refractivity contribution in [3.05, 3.63) is 48.8 Å². The van der Waals surface area contributed by atoms with E-state index in [0.29, 0.717) is 0 Å². The molecule has 0 unspecified atom stereocenters. The van der Waals surface area contributed by atoms with E-state index in [1.807, 2.05) is 12.1 Å². The molecule has 0 atom stereocenters. The maximum absolute atomic E-state index is 4.35. The molecular weight excluding hydrogens is 211 g/mol. The topological polar surface area (TPSA) is 25.8 Å². The van der Waals surface area contributed by atoms with Crippen LogP contribution in [-0.2, 0) is 0 Å². The largest absolute Gasteiger partial charge is 0.254 e. The van der Waals surface area contributed by atoms with Crippen molar-refractivity contribution in [1.29, 1.82) is 0 Å². The fraction of sp³-hybridized carbons (Fsp3) is 0. The Labute approximate surface area is 130 Å². The van der Waals surface area contributed by atoms with Crippen molar-refractivity contribution in [2.45, 2.75) is 0 Å². The van der Waals surface area contributed by atoms with Crippen LogP contribution in [0.4, 0.5) is 0 Å². The van der Waals surface area contributed by atoms with Gasteiger partial charge in [-0.15, -0.1) is 0 Å². The second-order valence-corrected chi connectivity index (χ2v) is 3.22. The third-order valence-corrected chi connectivity index (χ3v) is 2.34. The van der Waals surface area contributed by atoms with Crippen LogP contribution in [0.3, 0.4) is 0 Å². The summed E-state index contributed by atoms with van der Waals surface area (Å²) in [7, 11) is 0. The molecule has 1 aromatic carbocycles. The number of hydrogen-bond acceptors (Lipinski definition) is 2. The summed E-state index contributed by atoms with van der Waals surface area (Å²) in [5.74, 6) is 0. The van der Waals surface area contributed by atoms with Gasteiger partial charge in [-0.3, -0.25) is 9.97 Å². The Morgan fingerprint density at radius 2 is 1.13 bits per heavy atom. The number of fused-ring (bicyclic) bond motifs is 3. The van der Waals surface area contributed by atoms with Gasteiger partial charge in [0, 0.05) is 74.6 Å². The van der Waals surface area contributed by atoms with E-state index in [-0.39, 0.29) is 51.4 Å². The molecule has 67 valence electrons. The molecule has 3 heteroatoms. The minimum absolute atomic E-state index is 0. The molecule has 2 heterocycles. The van der Waals surface area contributed by atoms with Crippen LogP contribution < -0.4 is 0 Å². The molecule has 0 fully saturated rings. The van der Waals surface area contributed by atoms with Crippen molar-refractivity contribution in [2.24, 2.45) is 0 Å². The van der Waals surface area contributed by atoms with Gasteiger partial charge in [0.2, 0.25) is 0 Å². The smallest absolute Gasteiger partial charge is 0.0964 e. The SMILES string of the molecule is [K].c1cnc2c(c1)ccc1cccnc12. The van der Waals surface area contributed by atoms with E-state index in [9.17, 15) is 0 Å². The van der Waals surface area contributed by atoms with Crippen molar-refractivity contribution in [3.63, 3.8) is 0 Å². The summed E-state index contributed by atoms with van der Waals surface area (Å²) < 4.78 is 0. The maximum atomic E-state index is 4.35. The van der Waals surface area contributed by atoms with E-state index >= 15 is 0 Å². The molecule has 0 bridgehead atoms. The number of aromatic nitrogens is 2. The van der Waals surface area contributed by atoms with Gasteiger partial charge >= 0.3 is 0 Å². The van der Waals surface area contributed by atoms with Crippen LogP contribution in [0.15, 0.2) is 48.8 Å². The van der Waals surface area contributed by atoms with Gasteiger partial charge in [-0.25, -0.2) is 0 Å². The molecule has 0 spiro atoms. The van der Waals surface area contributed by atoms with Crippen LogP contribution in [-0.4, -0.2) is 61.4 Å². The van der Waals surface area contributed by atoms with Crippen molar-refractivity contribution < 1.29 is 0 Å². The summed E-state index contributed by atoms with van der Waals surface area (Å²) in [6.45, 7) is 0. The van der Waals surface area contributed by atoms with E-state index in [2.05, 4.69) is 34.2 Å². The maximum Gasteiger partial charge on any atom is 0.0964 e. The molecule has 0 aliphatic heterocycles. The van der Waals surface area contributed by atoms with Crippen molar-refractivity contribution in [1.82, 2.24) is 9.97 Å². The summed E-state index contributed by atoms with van der Waals surface area (Å²) in [5, 5.41) is 2.28. The van der Waals surface area contributed by atoms with Gasteiger partial charge in [0.15, 0.2) is 0 Å². The molecule has 0 saturated carbocycles. The molecule has 0 aliphatic rings. The summed E-state index contributed by atoms with van der Waals surface area (Å²) >= 11 is 0. The third kappa shape index (κ3) is 1.98. The predicted octanol–water partition coefficient (Wildman–Crippen LogP) is 2.40. The molecule has 0 aliphatic carbocycles. The first kappa shape index (κ1) is 11.2. The summed E-state index contributed by atoms with van der Waals surface area (Å²) in [5.41, 5.74) is 1.95. The van der Waals surface area contributed by atoms with Crippen LogP contribution >= 0.6 is 0 Å². The molecule has 15 heavy (non-hydrogen) atoms. The summed E-state index contributed by atoms with van der Waals surface area (Å²) in [6, 6.07) is 12.1. The zero-order chi connectivity index (χ0) is 9.38. The van der Waals surface area contributed by atoms with Gasteiger partial charge in [0.05, 0.1) is 11.0 Å². The molecular formula is C12H8KN2. The van der Waals surface area contributed by atoms with Gasteiger partial charge < -0.3 is 0 Å². The van der Waals surface area contributed by atoms with Crippen LogP contribution in [0.1, 0.15) is 0 Å². The van der Waals surface area contributed by atoms with Crippen molar-refractivity contribution >= 4 is 73.2 Å². The zero-order valence-electron chi connectivity index (χ0n) is 8.51. The van der Waals surface area contributed by atoms with E-state index < -0.39 is 0 Å². The first-order valence-electron chi connectivity index (χ1n) is 4.53. The Morgan fingerprint density at radius 3 is 1.60 bits per heavy atom. The molecule has 3 aromatic rings. The first-order valence-corrected chi connectivity index (χ1v) is 4.53. The molecule has 0 saturated heterocycles. The van der Waals surface area contributed by atoms with E-state index in [0.717, 1.165) is 21.8 Å². The summed E-state index contributed by atoms with van der Waals surface area (Å²) in [6.07, 6.45) is 3.60.